The van der Waals surface area contributed by atoms with Crippen LogP contribution in [-0.4, -0.2) is 18.0 Å². The molecule has 1 aromatic rings. The quantitative estimate of drug-likeness (QED) is 0.843. The molecule has 0 radical (unpaired) electrons. The molecule has 0 saturated heterocycles. The summed E-state index contributed by atoms with van der Waals surface area (Å²) in [6.07, 6.45) is 2.11. The van der Waals surface area contributed by atoms with E-state index in [1.807, 2.05) is 0 Å². The Morgan fingerprint density at radius 3 is 2.95 bits per heavy atom. The lowest BCUT2D eigenvalue weighted by Crippen LogP contribution is -2.42. The first-order valence-electron chi connectivity index (χ1n) is 6.32. The van der Waals surface area contributed by atoms with Gasteiger partial charge in [0.15, 0.2) is 0 Å². The third-order valence-corrected chi connectivity index (χ3v) is 3.08. The van der Waals surface area contributed by atoms with E-state index < -0.39 is 5.82 Å². The molecule has 2 N–H and O–H groups in total. The van der Waals surface area contributed by atoms with Gasteiger partial charge in [-0.3, -0.25) is 4.79 Å². The molecule has 0 aliphatic heterocycles. The molecule has 1 amide bonds. The molecule has 0 spiro atoms. The molecule has 1 fully saturated rings. The van der Waals surface area contributed by atoms with Gasteiger partial charge < -0.3 is 10.6 Å². The molecule has 1 aromatic carbocycles. The fourth-order valence-electron chi connectivity index (χ4n) is 1.69. The summed E-state index contributed by atoms with van der Waals surface area (Å²) in [7, 11) is 0. The van der Waals surface area contributed by atoms with Crippen LogP contribution in [0.15, 0.2) is 18.2 Å². The van der Waals surface area contributed by atoms with E-state index in [1.54, 1.807) is 19.1 Å². The molecule has 0 aromatic heterocycles. The summed E-state index contributed by atoms with van der Waals surface area (Å²) in [4.78, 5) is 11.7. The Morgan fingerprint density at radius 2 is 2.32 bits per heavy atom. The van der Waals surface area contributed by atoms with Gasteiger partial charge in [-0.15, -0.1) is 0 Å². The summed E-state index contributed by atoms with van der Waals surface area (Å²) < 4.78 is 13.1. The van der Waals surface area contributed by atoms with Crippen molar-refractivity contribution in [3.05, 3.63) is 35.1 Å². The molecule has 1 unspecified atom stereocenters. The van der Waals surface area contributed by atoms with E-state index in [4.69, 9.17) is 5.26 Å². The summed E-state index contributed by atoms with van der Waals surface area (Å²) in [6, 6.07) is 6.20. The molecular formula is C14H16FN3O. The molecule has 1 atom stereocenters. The van der Waals surface area contributed by atoms with E-state index in [-0.39, 0.29) is 17.5 Å². The minimum atomic E-state index is -0.522. The van der Waals surface area contributed by atoms with Gasteiger partial charge in [0.1, 0.15) is 11.9 Å². The summed E-state index contributed by atoms with van der Waals surface area (Å²) in [6.45, 7) is 2.21. The second-order valence-corrected chi connectivity index (χ2v) is 4.81. The SMILES string of the molecule is CC(NCc1ccc(F)c(C#N)c1)C(=O)NC1CC1. The van der Waals surface area contributed by atoms with Crippen LogP contribution in [0, 0.1) is 17.1 Å². The maximum atomic E-state index is 13.1. The highest BCUT2D eigenvalue weighted by atomic mass is 19.1. The Kier molecular flexibility index (Phi) is 4.13. The van der Waals surface area contributed by atoms with Crippen LogP contribution >= 0.6 is 0 Å². The number of hydrogen-bond donors (Lipinski definition) is 2. The van der Waals surface area contributed by atoms with Crippen LogP contribution in [0.1, 0.15) is 30.9 Å². The maximum absolute atomic E-state index is 13.1. The van der Waals surface area contributed by atoms with Crippen molar-refractivity contribution in [1.82, 2.24) is 10.6 Å². The van der Waals surface area contributed by atoms with Gasteiger partial charge in [-0.1, -0.05) is 6.07 Å². The fraction of sp³-hybridized carbons (Fsp3) is 0.429. The number of amides is 1. The van der Waals surface area contributed by atoms with Crippen LogP contribution < -0.4 is 10.6 Å². The van der Waals surface area contributed by atoms with E-state index in [9.17, 15) is 9.18 Å². The van der Waals surface area contributed by atoms with Crippen LogP contribution in [0.5, 0.6) is 0 Å². The highest BCUT2D eigenvalue weighted by Crippen LogP contribution is 2.18. The number of nitrogens with zero attached hydrogens (tertiary/aromatic N) is 1. The van der Waals surface area contributed by atoms with Crippen LogP contribution in [0.4, 0.5) is 4.39 Å². The zero-order valence-electron chi connectivity index (χ0n) is 10.7. The normalized spacial score (nSPS) is 15.6. The first-order chi connectivity index (χ1) is 9.10. The highest BCUT2D eigenvalue weighted by molar-refractivity contribution is 5.81. The van der Waals surface area contributed by atoms with Gasteiger partial charge in [-0.25, -0.2) is 4.39 Å². The fourth-order valence-corrected chi connectivity index (χ4v) is 1.69. The number of rotatable bonds is 5. The largest absolute Gasteiger partial charge is 0.352 e. The lowest BCUT2D eigenvalue weighted by Gasteiger charge is -2.13. The van der Waals surface area contributed by atoms with Gasteiger partial charge in [0, 0.05) is 12.6 Å². The minimum Gasteiger partial charge on any atom is -0.352 e. The van der Waals surface area contributed by atoms with Crippen LogP contribution in [0.2, 0.25) is 0 Å². The van der Waals surface area contributed by atoms with E-state index in [1.165, 1.54) is 12.1 Å². The molecule has 1 saturated carbocycles. The summed E-state index contributed by atoms with van der Waals surface area (Å²) >= 11 is 0. The Bertz CT molecular complexity index is 520. The Balaban J connectivity index is 1.87. The molecule has 0 bridgehead atoms. The van der Waals surface area contributed by atoms with Crippen molar-refractivity contribution in [2.75, 3.05) is 0 Å². The van der Waals surface area contributed by atoms with Crippen LogP contribution in [0.3, 0.4) is 0 Å². The minimum absolute atomic E-state index is 0.0226. The summed E-state index contributed by atoms with van der Waals surface area (Å²) in [5.41, 5.74) is 0.804. The van der Waals surface area contributed by atoms with Gasteiger partial charge in [-0.05, 0) is 37.5 Å². The van der Waals surface area contributed by atoms with E-state index in [0.717, 1.165) is 18.4 Å². The smallest absolute Gasteiger partial charge is 0.237 e. The number of nitrogens with one attached hydrogen (secondary N) is 2. The average molecular weight is 261 g/mol. The van der Waals surface area contributed by atoms with E-state index >= 15 is 0 Å². The monoisotopic (exact) mass is 261 g/mol. The average Bonchev–Trinajstić information content (AvgIpc) is 3.21. The number of carbonyl (C=O) groups excluding carboxylic acids is 1. The number of hydrogen-bond acceptors (Lipinski definition) is 3. The molecule has 4 nitrogen and oxygen atoms in total. The standard InChI is InChI=1S/C14H16FN3O/c1-9(14(19)18-12-3-4-12)17-8-10-2-5-13(15)11(6-10)7-16/h2,5-6,9,12,17H,3-4,8H2,1H3,(H,18,19). The maximum Gasteiger partial charge on any atom is 0.237 e. The summed E-state index contributed by atoms with van der Waals surface area (Å²) in [5, 5.41) is 14.7. The van der Waals surface area contributed by atoms with Crippen LogP contribution in [0.25, 0.3) is 0 Å². The van der Waals surface area contributed by atoms with E-state index in [2.05, 4.69) is 10.6 Å². The molecule has 2 rings (SSSR count). The number of benzene rings is 1. The Labute approximate surface area is 111 Å². The zero-order chi connectivity index (χ0) is 13.8. The van der Waals surface area contributed by atoms with Crippen molar-refractivity contribution in [1.29, 1.82) is 5.26 Å². The zero-order valence-corrected chi connectivity index (χ0v) is 10.7. The molecule has 1 aliphatic carbocycles. The highest BCUT2D eigenvalue weighted by Gasteiger charge is 2.25. The first kappa shape index (κ1) is 13.5. The Hall–Kier alpha value is -1.93. The predicted molar refractivity (Wildman–Crippen MR) is 68.6 cm³/mol. The van der Waals surface area contributed by atoms with Crippen molar-refractivity contribution in [2.45, 2.75) is 38.4 Å². The predicted octanol–water partition coefficient (Wildman–Crippen LogP) is 1.45. The van der Waals surface area contributed by atoms with Gasteiger partial charge in [0.2, 0.25) is 5.91 Å². The van der Waals surface area contributed by atoms with Gasteiger partial charge in [0.25, 0.3) is 0 Å². The lowest BCUT2D eigenvalue weighted by atomic mass is 10.1. The third kappa shape index (κ3) is 3.76. The van der Waals surface area contributed by atoms with Crippen molar-refractivity contribution in [3.8, 4) is 6.07 Å². The lowest BCUT2D eigenvalue weighted by molar-refractivity contribution is -0.122. The Morgan fingerprint density at radius 1 is 1.58 bits per heavy atom. The molecule has 100 valence electrons. The van der Waals surface area contributed by atoms with Gasteiger partial charge in [0.05, 0.1) is 11.6 Å². The van der Waals surface area contributed by atoms with Gasteiger partial charge >= 0.3 is 0 Å². The van der Waals surface area contributed by atoms with Crippen molar-refractivity contribution in [2.24, 2.45) is 0 Å². The second-order valence-electron chi connectivity index (χ2n) is 4.81. The summed E-state index contributed by atoms with van der Waals surface area (Å²) in [5.74, 6) is -0.545. The molecule has 19 heavy (non-hydrogen) atoms. The van der Waals surface area contributed by atoms with Crippen molar-refractivity contribution in [3.63, 3.8) is 0 Å². The molecular weight excluding hydrogens is 245 g/mol. The van der Waals surface area contributed by atoms with Crippen LogP contribution in [-0.2, 0) is 11.3 Å². The second kappa shape index (κ2) is 5.81. The number of nitriles is 1. The third-order valence-electron chi connectivity index (χ3n) is 3.08. The number of halogens is 1. The topological polar surface area (TPSA) is 64.9 Å². The number of carbonyl (C=O) groups is 1. The van der Waals surface area contributed by atoms with Crippen molar-refractivity contribution >= 4 is 5.91 Å². The molecule has 5 heteroatoms. The molecule has 0 heterocycles. The van der Waals surface area contributed by atoms with E-state index in [0.29, 0.717) is 12.6 Å². The van der Waals surface area contributed by atoms with Gasteiger partial charge in [-0.2, -0.15) is 5.26 Å². The van der Waals surface area contributed by atoms with Crippen molar-refractivity contribution < 1.29 is 9.18 Å². The molecule has 1 aliphatic rings. The first-order valence-corrected chi connectivity index (χ1v) is 6.32.